The second-order valence-corrected chi connectivity index (χ2v) is 7.26. The second kappa shape index (κ2) is 12.8. The minimum absolute atomic E-state index is 0. The first-order chi connectivity index (χ1) is 13.1. The maximum atomic E-state index is 13.1. The van der Waals surface area contributed by atoms with Crippen molar-refractivity contribution in [3.8, 4) is 0 Å². The van der Waals surface area contributed by atoms with Gasteiger partial charge >= 0.3 is 0 Å². The van der Waals surface area contributed by atoms with E-state index in [1.165, 1.54) is 24.1 Å². The number of carbonyl (C=O) groups excluding carboxylic acids is 1. The normalized spacial score (nSPS) is 18.1. The highest BCUT2D eigenvalue weighted by Gasteiger charge is 2.37. The van der Waals surface area contributed by atoms with Crippen molar-refractivity contribution in [1.82, 2.24) is 10.6 Å². The van der Waals surface area contributed by atoms with E-state index >= 15 is 0 Å². The van der Waals surface area contributed by atoms with E-state index in [0.717, 1.165) is 24.9 Å². The van der Waals surface area contributed by atoms with E-state index in [2.05, 4.69) is 34.9 Å². The number of amides is 1. The number of nitrogens with one attached hydrogen (secondary N) is 2. The maximum Gasteiger partial charge on any atom is 0.237 e. The molecular weight excluding hydrogens is 412 g/mol. The van der Waals surface area contributed by atoms with Crippen molar-refractivity contribution in [2.75, 3.05) is 6.54 Å². The molecular formula is C22H30Cl2FN3O. The van der Waals surface area contributed by atoms with Crippen LogP contribution in [0.3, 0.4) is 0 Å². The molecule has 0 heterocycles. The quantitative estimate of drug-likeness (QED) is 0.489. The molecule has 4 N–H and O–H groups in total. The van der Waals surface area contributed by atoms with Crippen LogP contribution in [0.1, 0.15) is 42.7 Å². The molecule has 2 aromatic carbocycles. The molecule has 1 amide bonds. The number of hydrogen-bond acceptors (Lipinski definition) is 3. The van der Waals surface area contributed by atoms with E-state index in [0.29, 0.717) is 24.9 Å². The van der Waals surface area contributed by atoms with Gasteiger partial charge in [-0.15, -0.1) is 24.8 Å². The van der Waals surface area contributed by atoms with Crippen LogP contribution in [0.5, 0.6) is 0 Å². The highest BCUT2D eigenvalue weighted by atomic mass is 35.5. The smallest absolute Gasteiger partial charge is 0.237 e. The average Bonchev–Trinajstić information content (AvgIpc) is 3.46. The number of benzene rings is 2. The Labute approximate surface area is 184 Å². The third-order valence-corrected chi connectivity index (χ3v) is 5.06. The average molecular weight is 442 g/mol. The molecule has 4 nitrogen and oxygen atoms in total. The van der Waals surface area contributed by atoms with Crippen LogP contribution in [0, 0.1) is 5.82 Å². The molecule has 1 aliphatic carbocycles. The van der Waals surface area contributed by atoms with Gasteiger partial charge in [0, 0.05) is 18.5 Å². The van der Waals surface area contributed by atoms with Crippen molar-refractivity contribution in [2.24, 2.45) is 5.73 Å². The number of rotatable bonds is 10. The van der Waals surface area contributed by atoms with Crippen LogP contribution in [0.25, 0.3) is 0 Å². The van der Waals surface area contributed by atoms with Gasteiger partial charge < -0.3 is 16.4 Å². The topological polar surface area (TPSA) is 67.1 Å². The first-order valence-corrected chi connectivity index (χ1v) is 9.69. The van der Waals surface area contributed by atoms with E-state index in [1.807, 2.05) is 6.07 Å². The molecule has 29 heavy (non-hydrogen) atoms. The highest BCUT2D eigenvalue weighted by Crippen LogP contribution is 2.40. The first-order valence-electron chi connectivity index (χ1n) is 9.69. The summed E-state index contributed by atoms with van der Waals surface area (Å²) >= 11 is 0. The lowest BCUT2D eigenvalue weighted by atomic mass is 10.1. The summed E-state index contributed by atoms with van der Waals surface area (Å²) in [6, 6.07) is 16.9. The SMILES string of the molecule is Cl.Cl.NC(CCCCN[C@@H]1C[C@H]1c1ccccc1)C(=O)NCc1cccc(F)c1. The van der Waals surface area contributed by atoms with E-state index in [9.17, 15) is 9.18 Å². The van der Waals surface area contributed by atoms with Gasteiger partial charge in [0.2, 0.25) is 5.91 Å². The van der Waals surface area contributed by atoms with Gasteiger partial charge in [0.05, 0.1) is 6.04 Å². The lowest BCUT2D eigenvalue weighted by molar-refractivity contribution is -0.122. The largest absolute Gasteiger partial charge is 0.351 e. The Hall–Kier alpha value is -1.66. The zero-order chi connectivity index (χ0) is 19.1. The van der Waals surface area contributed by atoms with Crippen LogP contribution in [0.2, 0.25) is 0 Å². The Kier molecular flexibility index (Phi) is 11.2. The number of nitrogens with two attached hydrogens (primary N) is 1. The standard InChI is InChI=1S/C22H28FN3O.2ClH/c23-18-10-6-7-16(13-18)15-26-22(27)20(24)11-4-5-12-25-21-14-19(21)17-8-2-1-3-9-17;;/h1-3,6-10,13,19-21,25H,4-5,11-12,14-15,24H2,(H,26,27);2*1H/t19-,20?,21+;;/m0../s1. The Bertz CT molecular complexity index is 748. The molecule has 1 saturated carbocycles. The van der Waals surface area contributed by atoms with Crippen molar-refractivity contribution in [2.45, 2.75) is 50.2 Å². The first kappa shape index (κ1) is 25.4. The zero-order valence-electron chi connectivity index (χ0n) is 16.4. The van der Waals surface area contributed by atoms with Crippen molar-refractivity contribution in [3.63, 3.8) is 0 Å². The summed E-state index contributed by atoms with van der Waals surface area (Å²) in [6.07, 6.45) is 3.77. The zero-order valence-corrected chi connectivity index (χ0v) is 18.0. The summed E-state index contributed by atoms with van der Waals surface area (Å²) in [6.45, 7) is 1.25. The second-order valence-electron chi connectivity index (χ2n) is 7.26. The molecule has 0 saturated heterocycles. The molecule has 1 fully saturated rings. The Balaban J connectivity index is 0.00000210. The van der Waals surface area contributed by atoms with E-state index in [4.69, 9.17) is 5.73 Å². The predicted octanol–water partition coefficient (Wildman–Crippen LogP) is 3.93. The van der Waals surface area contributed by atoms with Gasteiger partial charge in [0.1, 0.15) is 5.82 Å². The highest BCUT2D eigenvalue weighted by molar-refractivity contribution is 5.85. The Morgan fingerprint density at radius 1 is 1.10 bits per heavy atom. The number of carbonyl (C=O) groups is 1. The van der Waals surface area contributed by atoms with Crippen molar-refractivity contribution < 1.29 is 9.18 Å². The minimum Gasteiger partial charge on any atom is -0.351 e. The minimum atomic E-state index is -0.517. The summed E-state index contributed by atoms with van der Waals surface area (Å²) in [5, 5.41) is 6.36. The monoisotopic (exact) mass is 441 g/mol. The summed E-state index contributed by atoms with van der Waals surface area (Å²) in [5.41, 5.74) is 8.10. The molecule has 3 atom stereocenters. The molecule has 3 rings (SSSR count). The van der Waals surface area contributed by atoms with Gasteiger partial charge in [-0.2, -0.15) is 0 Å². The van der Waals surface area contributed by atoms with Gasteiger partial charge in [-0.05, 0) is 49.1 Å². The van der Waals surface area contributed by atoms with Gasteiger partial charge in [-0.3, -0.25) is 4.79 Å². The summed E-state index contributed by atoms with van der Waals surface area (Å²) in [7, 11) is 0. The van der Waals surface area contributed by atoms with Crippen LogP contribution in [-0.2, 0) is 11.3 Å². The fourth-order valence-electron chi connectivity index (χ4n) is 3.36. The Morgan fingerprint density at radius 3 is 2.59 bits per heavy atom. The lowest BCUT2D eigenvalue weighted by Gasteiger charge is -2.12. The van der Waals surface area contributed by atoms with Crippen LogP contribution < -0.4 is 16.4 Å². The fraction of sp³-hybridized carbons (Fsp3) is 0.409. The predicted molar refractivity (Wildman–Crippen MR) is 120 cm³/mol. The van der Waals surface area contributed by atoms with Gasteiger partial charge in [0.15, 0.2) is 0 Å². The molecule has 0 spiro atoms. The fourth-order valence-corrected chi connectivity index (χ4v) is 3.36. The van der Waals surface area contributed by atoms with Crippen LogP contribution >= 0.6 is 24.8 Å². The number of hydrogen-bond donors (Lipinski definition) is 3. The molecule has 0 aliphatic heterocycles. The molecule has 0 bridgehead atoms. The Morgan fingerprint density at radius 2 is 1.86 bits per heavy atom. The van der Waals surface area contributed by atoms with Gasteiger partial charge in [-0.25, -0.2) is 4.39 Å². The summed E-state index contributed by atoms with van der Waals surface area (Å²) < 4.78 is 13.1. The van der Waals surface area contributed by atoms with Gasteiger partial charge in [-0.1, -0.05) is 48.9 Å². The molecule has 160 valence electrons. The number of unbranched alkanes of at least 4 members (excludes halogenated alkanes) is 1. The third-order valence-electron chi connectivity index (χ3n) is 5.06. The molecule has 2 aromatic rings. The molecule has 1 aliphatic rings. The van der Waals surface area contributed by atoms with Gasteiger partial charge in [0.25, 0.3) is 0 Å². The van der Waals surface area contributed by atoms with Crippen molar-refractivity contribution in [1.29, 1.82) is 0 Å². The number of halogens is 3. The van der Waals surface area contributed by atoms with Crippen LogP contribution in [0.4, 0.5) is 4.39 Å². The van der Waals surface area contributed by atoms with Crippen molar-refractivity contribution >= 4 is 30.7 Å². The van der Waals surface area contributed by atoms with Crippen LogP contribution in [0.15, 0.2) is 54.6 Å². The molecule has 7 heteroatoms. The van der Waals surface area contributed by atoms with E-state index < -0.39 is 6.04 Å². The van der Waals surface area contributed by atoms with Crippen molar-refractivity contribution in [3.05, 3.63) is 71.5 Å². The van der Waals surface area contributed by atoms with E-state index in [-0.39, 0.29) is 36.5 Å². The molecule has 1 unspecified atom stereocenters. The lowest BCUT2D eigenvalue weighted by Crippen LogP contribution is -2.40. The summed E-state index contributed by atoms with van der Waals surface area (Å²) in [5.74, 6) is 0.157. The molecule has 0 radical (unpaired) electrons. The maximum absolute atomic E-state index is 13.1. The molecule has 0 aromatic heterocycles. The van der Waals surface area contributed by atoms with Crippen LogP contribution in [-0.4, -0.2) is 24.5 Å². The third kappa shape index (κ3) is 8.31. The van der Waals surface area contributed by atoms with E-state index in [1.54, 1.807) is 12.1 Å². The summed E-state index contributed by atoms with van der Waals surface area (Å²) in [4.78, 5) is 12.0.